The van der Waals surface area contributed by atoms with Gasteiger partial charge < -0.3 is 5.32 Å². The van der Waals surface area contributed by atoms with E-state index in [1.54, 1.807) is 0 Å². The number of nitrogens with one attached hydrogen (secondary N) is 1. The van der Waals surface area contributed by atoms with E-state index >= 15 is 0 Å². The lowest BCUT2D eigenvalue weighted by molar-refractivity contribution is 0.455. The Morgan fingerprint density at radius 2 is 2.18 bits per heavy atom. The maximum atomic E-state index is 6.11. The lowest BCUT2D eigenvalue weighted by atomic mass is 9.95. The number of piperidine rings is 1. The van der Waals surface area contributed by atoms with Crippen molar-refractivity contribution >= 4 is 17.2 Å². The lowest BCUT2D eigenvalue weighted by Crippen LogP contribution is -2.28. The topological polar surface area (TPSA) is 42.2 Å². The molecule has 112 valence electrons. The Balaban J connectivity index is 1.76. The molecule has 1 atom stereocenters. The molecule has 1 aliphatic heterocycles. The van der Waals surface area contributed by atoms with Crippen LogP contribution in [-0.2, 0) is 0 Å². The van der Waals surface area contributed by atoms with Gasteiger partial charge in [0.05, 0.1) is 22.6 Å². The maximum absolute atomic E-state index is 6.11. The molecule has 4 nitrogen and oxygen atoms in total. The van der Waals surface area contributed by atoms with Crippen molar-refractivity contribution in [1.82, 2.24) is 19.7 Å². The summed E-state index contributed by atoms with van der Waals surface area (Å²) < 4.78 is 1.99. The highest BCUT2D eigenvalue weighted by Gasteiger charge is 2.17. The number of fused-ring (bicyclic) bond motifs is 1. The van der Waals surface area contributed by atoms with Crippen molar-refractivity contribution in [2.45, 2.75) is 18.8 Å². The second-order valence-corrected chi connectivity index (χ2v) is 6.15. The second-order valence-electron chi connectivity index (χ2n) is 5.71. The van der Waals surface area contributed by atoms with Gasteiger partial charge in [0, 0.05) is 24.4 Å². The number of nitrogens with zero attached hydrogens (tertiary/aromatic N) is 3. The molecule has 4 rings (SSSR count). The first-order valence-corrected chi connectivity index (χ1v) is 8.00. The van der Waals surface area contributed by atoms with Crippen LogP contribution < -0.4 is 5.32 Å². The Hall–Kier alpha value is -1.91. The van der Waals surface area contributed by atoms with Crippen LogP contribution in [0, 0.1) is 0 Å². The molecule has 0 saturated carbocycles. The molecule has 3 aromatic rings. The van der Waals surface area contributed by atoms with E-state index in [0.717, 1.165) is 35.8 Å². The summed E-state index contributed by atoms with van der Waals surface area (Å²) in [6.07, 6.45) is 6.15. The van der Waals surface area contributed by atoms with Crippen LogP contribution in [-0.4, -0.2) is 27.5 Å². The first-order chi connectivity index (χ1) is 10.8. The van der Waals surface area contributed by atoms with Crippen molar-refractivity contribution in [2.75, 3.05) is 13.1 Å². The van der Waals surface area contributed by atoms with E-state index < -0.39 is 0 Å². The van der Waals surface area contributed by atoms with Gasteiger partial charge in [0.2, 0.25) is 0 Å². The van der Waals surface area contributed by atoms with Crippen molar-refractivity contribution in [3.8, 4) is 11.4 Å². The molecular weight excluding hydrogens is 296 g/mol. The molecule has 1 aliphatic rings. The predicted molar refractivity (Wildman–Crippen MR) is 88.3 cm³/mol. The molecular formula is C17H17ClN4. The minimum atomic E-state index is 0.497. The van der Waals surface area contributed by atoms with Crippen molar-refractivity contribution in [1.29, 1.82) is 0 Å². The molecule has 0 aliphatic carbocycles. The Labute approximate surface area is 134 Å². The quantitative estimate of drug-likeness (QED) is 0.787. The van der Waals surface area contributed by atoms with Gasteiger partial charge in [-0.15, -0.1) is 0 Å². The van der Waals surface area contributed by atoms with E-state index in [9.17, 15) is 0 Å². The zero-order valence-corrected chi connectivity index (χ0v) is 12.9. The number of rotatable bonds is 2. The van der Waals surface area contributed by atoms with Crippen LogP contribution in [0.4, 0.5) is 0 Å². The molecule has 0 spiro atoms. The molecule has 0 radical (unpaired) electrons. The summed E-state index contributed by atoms with van der Waals surface area (Å²) in [7, 11) is 0. The number of imidazole rings is 1. The van der Waals surface area contributed by atoms with Gasteiger partial charge in [-0.25, -0.2) is 4.98 Å². The fraction of sp³-hybridized carbons (Fsp3) is 0.294. The molecule has 3 aromatic heterocycles. The van der Waals surface area contributed by atoms with Crippen LogP contribution >= 0.6 is 11.6 Å². The van der Waals surface area contributed by atoms with Crippen molar-refractivity contribution < 1.29 is 0 Å². The Morgan fingerprint density at radius 1 is 1.23 bits per heavy atom. The van der Waals surface area contributed by atoms with Gasteiger partial charge >= 0.3 is 0 Å². The number of aromatic nitrogens is 3. The molecule has 1 N–H and O–H groups in total. The first kappa shape index (κ1) is 13.7. The normalized spacial score (nSPS) is 18.7. The molecule has 0 aromatic carbocycles. The Kier molecular flexibility index (Phi) is 3.56. The third-order valence-corrected chi connectivity index (χ3v) is 4.44. The van der Waals surface area contributed by atoms with E-state index in [1.807, 2.05) is 35.0 Å². The second kappa shape index (κ2) is 5.71. The van der Waals surface area contributed by atoms with Gasteiger partial charge in [0.15, 0.2) is 0 Å². The average molecular weight is 313 g/mol. The molecule has 0 unspecified atom stereocenters. The highest BCUT2D eigenvalue weighted by atomic mass is 35.5. The molecule has 1 fully saturated rings. The molecule has 0 bridgehead atoms. The molecule has 0 amide bonds. The van der Waals surface area contributed by atoms with Crippen LogP contribution in [0.15, 0.2) is 42.7 Å². The minimum absolute atomic E-state index is 0.497. The summed E-state index contributed by atoms with van der Waals surface area (Å²) in [6.45, 7) is 2.12. The smallest absolute Gasteiger partial charge is 0.137 e. The predicted octanol–water partition coefficient (Wildman–Crippen LogP) is 3.52. The highest BCUT2D eigenvalue weighted by molar-refractivity contribution is 6.30. The standard InChI is InChI=1S/C17H17ClN4/c18-13-6-7-17-20-10-16(22(17)11-13)15-5-1-4-14(21-15)12-3-2-8-19-9-12/h1,4-7,10-12,19H,2-3,8-9H2/t12-/m1/s1. The molecule has 22 heavy (non-hydrogen) atoms. The van der Waals surface area contributed by atoms with Crippen LogP contribution in [0.5, 0.6) is 0 Å². The fourth-order valence-electron chi connectivity index (χ4n) is 3.07. The molecule has 5 heteroatoms. The largest absolute Gasteiger partial charge is 0.316 e. The average Bonchev–Trinajstić information content (AvgIpc) is 2.99. The summed E-state index contributed by atoms with van der Waals surface area (Å²) in [4.78, 5) is 9.31. The SMILES string of the molecule is Clc1ccc2ncc(-c3cccc([C@@H]4CCCNC4)n3)n2c1. The van der Waals surface area contributed by atoms with Gasteiger partial charge in [-0.3, -0.25) is 9.38 Å². The summed E-state index contributed by atoms with van der Waals surface area (Å²) in [5.74, 6) is 0.497. The van der Waals surface area contributed by atoms with Crippen molar-refractivity contribution in [2.24, 2.45) is 0 Å². The number of hydrogen-bond donors (Lipinski definition) is 1. The van der Waals surface area contributed by atoms with Gasteiger partial charge in [-0.2, -0.15) is 0 Å². The van der Waals surface area contributed by atoms with E-state index in [4.69, 9.17) is 16.6 Å². The zero-order valence-electron chi connectivity index (χ0n) is 12.2. The summed E-state index contributed by atoms with van der Waals surface area (Å²) in [5, 5.41) is 4.14. The first-order valence-electron chi connectivity index (χ1n) is 7.62. The lowest BCUT2D eigenvalue weighted by Gasteiger charge is -2.22. The van der Waals surface area contributed by atoms with Gasteiger partial charge in [-0.1, -0.05) is 17.7 Å². The van der Waals surface area contributed by atoms with E-state index in [1.165, 1.54) is 12.8 Å². The monoisotopic (exact) mass is 312 g/mol. The number of halogens is 1. The van der Waals surface area contributed by atoms with Crippen molar-refractivity contribution in [3.63, 3.8) is 0 Å². The third-order valence-electron chi connectivity index (χ3n) is 4.22. The summed E-state index contributed by atoms with van der Waals surface area (Å²) >= 11 is 6.11. The summed E-state index contributed by atoms with van der Waals surface area (Å²) in [5.41, 5.74) is 3.95. The fourth-order valence-corrected chi connectivity index (χ4v) is 3.23. The van der Waals surface area contributed by atoms with Crippen LogP contribution in [0.25, 0.3) is 17.0 Å². The number of pyridine rings is 2. The van der Waals surface area contributed by atoms with E-state index in [2.05, 4.69) is 22.4 Å². The third kappa shape index (κ3) is 2.49. The number of hydrogen-bond acceptors (Lipinski definition) is 3. The van der Waals surface area contributed by atoms with Crippen LogP contribution in [0.1, 0.15) is 24.5 Å². The molecule has 1 saturated heterocycles. The molecule has 4 heterocycles. The van der Waals surface area contributed by atoms with E-state index in [-0.39, 0.29) is 0 Å². The zero-order chi connectivity index (χ0) is 14.9. The highest BCUT2D eigenvalue weighted by Crippen LogP contribution is 2.25. The van der Waals surface area contributed by atoms with Gasteiger partial charge in [0.1, 0.15) is 5.65 Å². The Morgan fingerprint density at radius 3 is 3.05 bits per heavy atom. The van der Waals surface area contributed by atoms with Crippen LogP contribution in [0.3, 0.4) is 0 Å². The maximum Gasteiger partial charge on any atom is 0.137 e. The van der Waals surface area contributed by atoms with Crippen molar-refractivity contribution in [3.05, 3.63) is 53.4 Å². The Bertz CT molecular complexity index is 805. The summed E-state index contributed by atoms with van der Waals surface area (Å²) in [6, 6.07) is 10.0. The minimum Gasteiger partial charge on any atom is -0.316 e. The van der Waals surface area contributed by atoms with Crippen LogP contribution in [0.2, 0.25) is 5.02 Å². The van der Waals surface area contributed by atoms with E-state index in [0.29, 0.717) is 10.9 Å². The van der Waals surface area contributed by atoms with Gasteiger partial charge in [-0.05, 0) is 43.7 Å². The van der Waals surface area contributed by atoms with Gasteiger partial charge in [0.25, 0.3) is 0 Å².